The summed E-state index contributed by atoms with van der Waals surface area (Å²) in [5, 5.41) is 11.0. The average Bonchev–Trinajstić information content (AvgIpc) is 3.33. The first-order chi connectivity index (χ1) is 17.5. The first kappa shape index (κ1) is 22.9. The van der Waals surface area contributed by atoms with Crippen LogP contribution in [0.2, 0.25) is 5.02 Å². The molecule has 182 valence electrons. The van der Waals surface area contributed by atoms with E-state index in [1.54, 1.807) is 10.9 Å². The van der Waals surface area contributed by atoms with Crippen LogP contribution in [0.1, 0.15) is 12.8 Å². The molecule has 1 saturated heterocycles. The van der Waals surface area contributed by atoms with Crippen LogP contribution in [0.25, 0.3) is 44.5 Å². The fourth-order valence-corrected chi connectivity index (χ4v) is 4.95. The normalized spacial score (nSPS) is 15.2. The van der Waals surface area contributed by atoms with Crippen molar-refractivity contribution in [2.75, 3.05) is 19.6 Å². The van der Waals surface area contributed by atoms with Crippen molar-refractivity contribution in [2.24, 2.45) is 0 Å². The number of aromatic amines is 1. The van der Waals surface area contributed by atoms with Crippen molar-refractivity contribution in [1.82, 2.24) is 24.4 Å². The molecule has 3 aromatic carbocycles. The van der Waals surface area contributed by atoms with E-state index in [0.29, 0.717) is 22.5 Å². The molecule has 0 unspecified atom stereocenters. The monoisotopic (exact) mass is 499 g/mol. The number of hydrogen-bond acceptors (Lipinski definition) is 5. The van der Waals surface area contributed by atoms with Gasteiger partial charge < -0.3 is 15.0 Å². The van der Waals surface area contributed by atoms with Gasteiger partial charge in [0.05, 0.1) is 34.4 Å². The van der Waals surface area contributed by atoms with Crippen LogP contribution in [0.4, 0.5) is 0 Å². The lowest BCUT2D eigenvalue weighted by Crippen LogP contribution is -2.38. The first-order valence-corrected chi connectivity index (χ1v) is 12.6. The SMILES string of the molecule is O=c1c2cc(-c3ccc4nc(-c5ccc(Cl)cc5)[nH]c4c3)ccc2ncn1CCN1CCC(O)CC1. The van der Waals surface area contributed by atoms with Gasteiger partial charge >= 0.3 is 0 Å². The molecule has 0 atom stereocenters. The van der Waals surface area contributed by atoms with Crippen LogP contribution in [0, 0.1) is 0 Å². The minimum atomic E-state index is -0.199. The lowest BCUT2D eigenvalue weighted by Gasteiger charge is -2.29. The lowest BCUT2D eigenvalue weighted by molar-refractivity contribution is 0.0808. The van der Waals surface area contributed by atoms with Crippen LogP contribution in [0.15, 0.2) is 71.8 Å². The smallest absolute Gasteiger partial charge is 0.261 e. The highest BCUT2D eigenvalue weighted by Gasteiger charge is 2.17. The number of aliphatic hydroxyl groups excluding tert-OH is 1. The molecular weight excluding hydrogens is 474 g/mol. The molecule has 2 N–H and O–H groups in total. The zero-order chi connectivity index (χ0) is 24.6. The summed E-state index contributed by atoms with van der Waals surface area (Å²) in [6, 6.07) is 19.5. The highest BCUT2D eigenvalue weighted by atomic mass is 35.5. The number of H-pyrrole nitrogens is 1. The van der Waals surface area contributed by atoms with E-state index in [4.69, 9.17) is 16.6 Å². The third-order valence-electron chi connectivity index (χ3n) is 6.97. The second-order valence-electron chi connectivity index (χ2n) is 9.37. The number of piperidine rings is 1. The van der Waals surface area contributed by atoms with E-state index in [2.05, 4.69) is 20.9 Å². The molecular formula is C28H26ClN5O2. The Bertz CT molecular complexity index is 1600. The quantitative estimate of drug-likeness (QED) is 0.365. The van der Waals surface area contributed by atoms with E-state index in [0.717, 1.165) is 66.0 Å². The fraction of sp³-hybridized carbons (Fsp3) is 0.250. The standard InChI is InChI=1S/C28H26ClN5O2/c29-21-5-1-18(2-6-21)27-31-25-8-4-20(16-26(25)32-27)19-3-7-24-23(15-19)28(36)34(17-30-24)14-13-33-11-9-22(35)10-12-33/h1-8,15-17,22,35H,9-14H2,(H,31,32). The Labute approximate surface area is 213 Å². The molecule has 5 aromatic rings. The Morgan fingerprint density at radius 3 is 2.39 bits per heavy atom. The summed E-state index contributed by atoms with van der Waals surface area (Å²) >= 11 is 6.02. The predicted octanol–water partition coefficient (Wildman–Crippen LogP) is 4.72. The number of likely N-dealkylation sites (tertiary alicyclic amines) is 1. The van der Waals surface area contributed by atoms with Gasteiger partial charge in [-0.1, -0.05) is 23.7 Å². The third-order valence-corrected chi connectivity index (χ3v) is 7.22. The molecule has 1 aliphatic heterocycles. The number of nitrogens with one attached hydrogen (secondary N) is 1. The zero-order valence-corrected chi connectivity index (χ0v) is 20.4. The Morgan fingerprint density at radius 1 is 0.917 bits per heavy atom. The van der Waals surface area contributed by atoms with E-state index in [9.17, 15) is 9.90 Å². The number of aromatic nitrogens is 4. The Morgan fingerprint density at radius 2 is 1.61 bits per heavy atom. The summed E-state index contributed by atoms with van der Waals surface area (Å²) in [6.45, 7) is 3.06. The van der Waals surface area contributed by atoms with Gasteiger partial charge in [-0.05, 0) is 72.5 Å². The summed E-state index contributed by atoms with van der Waals surface area (Å²) in [6.07, 6.45) is 3.01. The Kier molecular flexibility index (Phi) is 6.05. The summed E-state index contributed by atoms with van der Waals surface area (Å²) in [5.74, 6) is 0.785. The summed E-state index contributed by atoms with van der Waals surface area (Å²) in [4.78, 5) is 28.2. The van der Waals surface area contributed by atoms with Crippen molar-refractivity contribution in [3.8, 4) is 22.5 Å². The van der Waals surface area contributed by atoms with Crippen molar-refractivity contribution in [3.63, 3.8) is 0 Å². The number of rotatable bonds is 5. The second-order valence-corrected chi connectivity index (χ2v) is 9.81. The maximum absolute atomic E-state index is 13.3. The van der Waals surface area contributed by atoms with Gasteiger partial charge in [0.15, 0.2) is 0 Å². The molecule has 2 aromatic heterocycles. The molecule has 0 bridgehead atoms. The van der Waals surface area contributed by atoms with E-state index in [-0.39, 0.29) is 11.7 Å². The molecule has 0 saturated carbocycles. The van der Waals surface area contributed by atoms with Crippen LogP contribution in [-0.2, 0) is 6.54 Å². The molecule has 8 heteroatoms. The average molecular weight is 500 g/mol. The van der Waals surface area contributed by atoms with E-state index < -0.39 is 0 Å². The molecule has 7 nitrogen and oxygen atoms in total. The van der Waals surface area contributed by atoms with Gasteiger partial charge in [-0.15, -0.1) is 0 Å². The largest absolute Gasteiger partial charge is 0.393 e. The van der Waals surface area contributed by atoms with Crippen molar-refractivity contribution in [2.45, 2.75) is 25.5 Å². The van der Waals surface area contributed by atoms with Gasteiger partial charge in [0.1, 0.15) is 5.82 Å². The van der Waals surface area contributed by atoms with E-state index in [1.807, 2.05) is 54.6 Å². The highest BCUT2D eigenvalue weighted by Crippen LogP contribution is 2.28. The van der Waals surface area contributed by atoms with E-state index >= 15 is 0 Å². The Balaban J connectivity index is 1.28. The van der Waals surface area contributed by atoms with Crippen LogP contribution in [0.3, 0.4) is 0 Å². The third kappa shape index (κ3) is 4.53. The van der Waals surface area contributed by atoms with Crippen LogP contribution >= 0.6 is 11.6 Å². The van der Waals surface area contributed by atoms with Gasteiger partial charge in [-0.3, -0.25) is 9.36 Å². The number of aliphatic hydroxyl groups is 1. The second kappa shape index (κ2) is 9.50. The maximum Gasteiger partial charge on any atom is 0.261 e. The predicted molar refractivity (Wildman–Crippen MR) is 143 cm³/mol. The highest BCUT2D eigenvalue weighted by molar-refractivity contribution is 6.30. The van der Waals surface area contributed by atoms with Crippen molar-refractivity contribution in [3.05, 3.63) is 82.4 Å². The van der Waals surface area contributed by atoms with Crippen molar-refractivity contribution >= 4 is 33.5 Å². The van der Waals surface area contributed by atoms with Gasteiger partial charge in [0, 0.05) is 36.8 Å². The van der Waals surface area contributed by atoms with Crippen molar-refractivity contribution < 1.29 is 5.11 Å². The minimum Gasteiger partial charge on any atom is -0.393 e. The number of benzene rings is 3. The molecule has 36 heavy (non-hydrogen) atoms. The molecule has 0 spiro atoms. The molecule has 0 aliphatic carbocycles. The first-order valence-electron chi connectivity index (χ1n) is 12.2. The van der Waals surface area contributed by atoms with Gasteiger partial charge in [0.2, 0.25) is 0 Å². The molecule has 0 radical (unpaired) electrons. The molecule has 1 fully saturated rings. The summed E-state index contributed by atoms with van der Waals surface area (Å²) in [7, 11) is 0. The number of hydrogen-bond donors (Lipinski definition) is 2. The molecule has 3 heterocycles. The van der Waals surface area contributed by atoms with Crippen LogP contribution in [0.5, 0.6) is 0 Å². The molecule has 1 aliphatic rings. The van der Waals surface area contributed by atoms with Gasteiger partial charge in [-0.25, -0.2) is 9.97 Å². The van der Waals surface area contributed by atoms with Gasteiger partial charge in [0.25, 0.3) is 5.56 Å². The number of nitrogens with zero attached hydrogens (tertiary/aromatic N) is 4. The number of halogens is 1. The van der Waals surface area contributed by atoms with Gasteiger partial charge in [-0.2, -0.15) is 0 Å². The molecule has 6 rings (SSSR count). The van der Waals surface area contributed by atoms with Crippen LogP contribution < -0.4 is 5.56 Å². The maximum atomic E-state index is 13.3. The summed E-state index contributed by atoms with van der Waals surface area (Å²) < 4.78 is 1.69. The molecule has 0 amide bonds. The zero-order valence-electron chi connectivity index (χ0n) is 19.7. The van der Waals surface area contributed by atoms with Crippen molar-refractivity contribution in [1.29, 1.82) is 0 Å². The summed E-state index contributed by atoms with van der Waals surface area (Å²) in [5.41, 5.74) is 5.37. The Hall–Kier alpha value is -3.52. The fourth-order valence-electron chi connectivity index (χ4n) is 4.82. The van der Waals surface area contributed by atoms with E-state index in [1.165, 1.54) is 0 Å². The number of fused-ring (bicyclic) bond motifs is 2. The topological polar surface area (TPSA) is 87.0 Å². The minimum absolute atomic E-state index is 0.0356. The number of imidazole rings is 1. The lowest BCUT2D eigenvalue weighted by atomic mass is 10.0. The van der Waals surface area contributed by atoms with Crippen LogP contribution in [-0.4, -0.2) is 55.3 Å².